The Labute approximate surface area is 462 Å². The van der Waals surface area contributed by atoms with Crippen molar-refractivity contribution in [3.8, 4) is 0 Å². The molecule has 6 heteroatoms. The first kappa shape index (κ1) is 70.8. The summed E-state index contributed by atoms with van der Waals surface area (Å²) in [7, 11) is 0. The Morgan fingerprint density at radius 1 is 0.280 bits per heavy atom. The van der Waals surface area contributed by atoms with E-state index in [2.05, 4.69) is 142 Å². The Kier molecular flexibility index (Phi) is 58.9. The first-order valence-corrected chi connectivity index (χ1v) is 31.0. The summed E-state index contributed by atoms with van der Waals surface area (Å²) in [5.41, 5.74) is 0. The van der Waals surface area contributed by atoms with Crippen molar-refractivity contribution in [2.24, 2.45) is 0 Å². The van der Waals surface area contributed by atoms with E-state index in [-0.39, 0.29) is 37.5 Å². The lowest BCUT2D eigenvalue weighted by Crippen LogP contribution is -2.30. The van der Waals surface area contributed by atoms with E-state index in [1.807, 2.05) is 0 Å². The van der Waals surface area contributed by atoms with Crippen LogP contribution in [0.3, 0.4) is 0 Å². The topological polar surface area (TPSA) is 78.9 Å². The van der Waals surface area contributed by atoms with E-state index in [4.69, 9.17) is 14.2 Å². The van der Waals surface area contributed by atoms with Crippen LogP contribution >= 0.6 is 0 Å². The summed E-state index contributed by atoms with van der Waals surface area (Å²) in [6, 6.07) is 0. The second kappa shape index (κ2) is 62.4. The maximum atomic E-state index is 12.8. The average Bonchev–Trinajstić information content (AvgIpc) is 3.41. The highest BCUT2D eigenvalue weighted by Crippen LogP contribution is 2.16. The number of hydrogen-bond donors (Lipinski definition) is 0. The lowest BCUT2D eigenvalue weighted by Gasteiger charge is -2.18. The number of hydrogen-bond acceptors (Lipinski definition) is 6. The average molecular weight is 1040 g/mol. The molecule has 1 unspecified atom stereocenters. The van der Waals surface area contributed by atoms with E-state index in [1.165, 1.54) is 109 Å². The first-order valence-electron chi connectivity index (χ1n) is 31.0. The van der Waals surface area contributed by atoms with Crippen LogP contribution in [-0.4, -0.2) is 37.2 Å². The third-order valence-corrected chi connectivity index (χ3v) is 13.0. The van der Waals surface area contributed by atoms with Gasteiger partial charge in [0.1, 0.15) is 13.2 Å². The molecular formula is C69H114O6. The van der Waals surface area contributed by atoms with Gasteiger partial charge in [-0.25, -0.2) is 0 Å². The standard InChI is InChI=1S/C69H114O6/c1-4-7-10-13-16-18-20-22-24-26-28-29-30-31-32-33-34-35-36-37-38-39-41-42-44-46-48-50-53-56-59-62-68(71)74-65-66(64-73-67(70)61-58-55-52-15-12-9-6-3)75-69(72)63-60-57-54-51-49-47-45-43-40-27-25-23-21-19-17-14-11-8-5-2/h7-8,10-11,16-19,22-25,28-29,31-32,40,43,47,49,66H,4-6,9,12-15,20-21,26-27,30,33-39,41-42,44-46,48,50-65H2,1-3H3/b10-7-,11-8-,18-16-,19-17-,24-22-,25-23-,29-28-,32-31-,43-40-,49-47-. The minimum absolute atomic E-state index is 0.0914. The molecule has 6 nitrogen and oxygen atoms in total. The highest BCUT2D eigenvalue weighted by molar-refractivity contribution is 5.71. The maximum absolute atomic E-state index is 12.8. The van der Waals surface area contributed by atoms with Crippen molar-refractivity contribution < 1.29 is 28.6 Å². The fraction of sp³-hybridized carbons (Fsp3) is 0.667. The molecule has 0 N–H and O–H groups in total. The maximum Gasteiger partial charge on any atom is 0.306 e. The van der Waals surface area contributed by atoms with E-state index >= 15 is 0 Å². The Bertz CT molecular complexity index is 1570. The van der Waals surface area contributed by atoms with Gasteiger partial charge in [-0.2, -0.15) is 0 Å². The molecule has 0 saturated heterocycles. The molecule has 1 atom stereocenters. The molecule has 0 amide bonds. The predicted octanol–water partition coefficient (Wildman–Crippen LogP) is 21.2. The first-order chi connectivity index (χ1) is 37.0. The highest BCUT2D eigenvalue weighted by atomic mass is 16.6. The van der Waals surface area contributed by atoms with Gasteiger partial charge in [0, 0.05) is 19.3 Å². The minimum Gasteiger partial charge on any atom is -0.462 e. The summed E-state index contributed by atoms with van der Waals surface area (Å²) >= 11 is 0. The summed E-state index contributed by atoms with van der Waals surface area (Å²) < 4.78 is 16.8. The molecule has 0 aromatic carbocycles. The summed E-state index contributed by atoms with van der Waals surface area (Å²) in [6.07, 6.45) is 86.6. The molecule has 0 aromatic heterocycles. The van der Waals surface area contributed by atoms with Gasteiger partial charge in [0.15, 0.2) is 6.10 Å². The van der Waals surface area contributed by atoms with Crippen molar-refractivity contribution in [2.75, 3.05) is 13.2 Å². The molecule has 0 aromatic rings. The summed E-state index contributed by atoms with van der Waals surface area (Å²) in [6.45, 7) is 6.35. The van der Waals surface area contributed by atoms with Gasteiger partial charge in [0.05, 0.1) is 0 Å². The van der Waals surface area contributed by atoms with Crippen molar-refractivity contribution in [3.63, 3.8) is 0 Å². The van der Waals surface area contributed by atoms with Crippen LogP contribution in [0.15, 0.2) is 122 Å². The van der Waals surface area contributed by atoms with E-state index in [0.29, 0.717) is 12.8 Å². The zero-order valence-electron chi connectivity index (χ0n) is 48.8. The SMILES string of the molecule is CC/C=C\C/C=C\C/C=C\C/C=C\C/C=C\CCCCCCCCCCCCCCCCCC(=O)OCC(COC(=O)CCCCCCCCC)OC(=O)CCCCC/C=C\C/C=C\C/C=C\C/C=C\C/C=C\CC. The van der Waals surface area contributed by atoms with Gasteiger partial charge in [0.2, 0.25) is 0 Å². The van der Waals surface area contributed by atoms with Crippen LogP contribution < -0.4 is 0 Å². The molecule has 0 aliphatic carbocycles. The van der Waals surface area contributed by atoms with Crippen LogP contribution in [0.1, 0.15) is 278 Å². The monoisotopic (exact) mass is 1040 g/mol. The fourth-order valence-electron chi connectivity index (χ4n) is 8.38. The normalized spacial score (nSPS) is 12.9. The van der Waals surface area contributed by atoms with Crippen LogP contribution in [-0.2, 0) is 28.6 Å². The molecule has 426 valence electrons. The zero-order valence-corrected chi connectivity index (χ0v) is 48.8. The van der Waals surface area contributed by atoms with Crippen LogP contribution in [0.4, 0.5) is 0 Å². The molecule has 0 heterocycles. The third-order valence-electron chi connectivity index (χ3n) is 13.0. The highest BCUT2D eigenvalue weighted by Gasteiger charge is 2.19. The van der Waals surface area contributed by atoms with Gasteiger partial charge in [-0.1, -0.05) is 271 Å². The molecule has 0 rings (SSSR count). The zero-order chi connectivity index (χ0) is 54.3. The number of allylic oxidation sites excluding steroid dienone is 20. The molecule has 0 spiro atoms. The molecule has 0 aliphatic rings. The molecule has 0 radical (unpaired) electrons. The van der Waals surface area contributed by atoms with E-state index < -0.39 is 6.10 Å². The van der Waals surface area contributed by atoms with Gasteiger partial charge < -0.3 is 14.2 Å². The smallest absolute Gasteiger partial charge is 0.306 e. The van der Waals surface area contributed by atoms with Crippen molar-refractivity contribution in [3.05, 3.63) is 122 Å². The predicted molar refractivity (Wildman–Crippen MR) is 325 cm³/mol. The number of unbranched alkanes of at least 4 members (excludes halogenated alkanes) is 24. The third kappa shape index (κ3) is 60.6. The lowest BCUT2D eigenvalue weighted by molar-refractivity contribution is -0.167. The largest absolute Gasteiger partial charge is 0.462 e. The number of rotatable bonds is 55. The van der Waals surface area contributed by atoms with Crippen molar-refractivity contribution in [1.82, 2.24) is 0 Å². The van der Waals surface area contributed by atoms with Crippen LogP contribution in [0.25, 0.3) is 0 Å². The van der Waals surface area contributed by atoms with Crippen LogP contribution in [0.5, 0.6) is 0 Å². The Balaban J connectivity index is 4.14. The number of ether oxygens (including phenoxy) is 3. The summed E-state index contributed by atoms with van der Waals surface area (Å²) in [5, 5.41) is 0. The van der Waals surface area contributed by atoms with Crippen LogP contribution in [0, 0.1) is 0 Å². The van der Waals surface area contributed by atoms with Gasteiger partial charge in [-0.3, -0.25) is 14.4 Å². The Morgan fingerprint density at radius 3 is 0.827 bits per heavy atom. The van der Waals surface area contributed by atoms with Crippen molar-refractivity contribution in [1.29, 1.82) is 0 Å². The molecule has 0 fully saturated rings. The number of carbonyl (C=O) groups is 3. The van der Waals surface area contributed by atoms with E-state index in [1.54, 1.807) is 0 Å². The molecule has 0 bridgehead atoms. The molecule has 0 saturated carbocycles. The van der Waals surface area contributed by atoms with Crippen molar-refractivity contribution in [2.45, 2.75) is 284 Å². The molecular weight excluding hydrogens is 925 g/mol. The number of carbonyl (C=O) groups excluding carboxylic acids is 3. The van der Waals surface area contributed by atoms with Crippen LogP contribution in [0.2, 0.25) is 0 Å². The summed E-state index contributed by atoms with van der Waals surface area (Å²) in [5.74, 6) is -0.928. The van der Waals surface area contributed by atoms with Gasteiger partial charge in [0.25, 0.3) is 0 Å². The van der Waals surface area contributed by atoms with Gasteiger partial charge in [-0.15, -0.1) is 0 Å². The van der Waals surface area contributed by atoms with Crippen molar-refractivity contribution >= 4 is 17.9 Å². The minimum atomic E-state index is -0.795. The Morgan fingerprint density at radius 2 is 0.520 bits per heavy atom. The molecule has 75 heavy (non-hydrogen) atoms. The van der Waals surface area contributed by atoms with Gasteiger partial charge >= 0.3 is 17.9 Å². The van der Waals surface area contributed by atoms with E-state index in [0.717, 1.165) is 128 Å². The quantitative estimate of drug-likeness (QED) is 0.0261. The molecule has 0 aliphatic heterocycles. The summed E-state index contributed by atoms with van der Waals surface area (Å²) in [4.78, 5) is 38.0. The van der Waals surface area contributed by atoms with E-state index in [9.17, 15) is 14.4 Å². The number of esters is 3. The fourth-order valence-corrected chi connectivity index (χ4v) is 8.38. The lowest BCUT2D eigenvalue weighted by atomic mass is 10.0. The Hall–Kier alpha value is -4.19. The second-order valence-electron chi connectivity index (χ2n) is 20.2. The van der Waals surface area contributed by atoms with Gasteiger partial charge in [-0.05, 0) is 109 Å². The second-order valence-corrected chi connectivity index (χ2v) is 20.2.